The van der Waals surface area contributed by atoms with Crippen molar-refractivity contribution in [1.82, 2.24) is 0 Å². The van der Waals surface area contributed by atoms with Gasteiger partial charge < -0.3 is 15.2 Å². The van der Waals surface area contributed by atoms with Crippen molar-refractivity contribution in [3.63, 3.8) is 0 Å². The minimum absolute atomic E-state index is 0.0140. The van der Waals surface area contributed by atoms with Crippen molar-refractivity contribution in [1.29, 1.82) is 0 Å². The van der Waals surface area contributed by atoms with Crippen LogP contribution in [-0.4, -0.2) is 18.1 Å². The molecule has 0 aliphatic rings. The number of nitrogens with one attached hydrogen (secondary N) is 1. The molecule has 4 heteroatoms. The molecule has 0 unspecified atom stereocenters. The molecule has 0 saturated heterocycles. The maximum absolute atomic E-state index is 12.1. The van der Waals surface area contributed by atoms with Crippen LogP contribution in [0.4, 0.5) is 5.69 Å². The van der Waals surface area contributed by atoms with Gasteiger partial charge in [0.05, 0.1) is 12.8 Å². The maximum atomic E-state index is 12.1. The third-order valence-corrected chi connectivity index (χ3v) is 3.96. The number of phenols is 1. The van der Waals surface area contributed by atoms with Crippen molar-refractivity contribution in [2.45, 2.75) is 53.4 Å². The maximum Gasteiger partial charge on any atom is 0.248 e. The standard InChI is InChI=1S/C22H31NO3/c1-16(2)8-6-9-17(3)10-7-11-18(4)14-22(25)23-20-15-19(26-5)12-13-21(20)24/h8,10,12-15,24H,6-7,9,11H2,1-5H3,(H,23,25). The Morgan fingerprint density at radius 1 is 1.08 bits per heavy atom. The fourth-order valence-corrected chi connectivity index (χ4v) is 2.44. The molecule has 1 aromatic carbocycles. The van der Waals surface area contributed by atoms with Crippen LogP contribution in [0.15, 0.2) is 53.1 Å². The summed E-state index contributed by atoms with van der Waals surface area (Å²) in [6, 6.07) is 4.72. The summed E-state index contributed by atoms with van der Waals surface area (Å²) in [5.74, 6) is 0.336. The lowest BCUT2D eigenvalue weighted by atomic mass is 10.1. The van der Waals surface area contributed by atoms with Crippen LogP contribution in [0.2, 0.25) is 0 Å². The first-order valence-corrected chi connectivity index (χ1v) is 8.96. The normalized spacial score (nSPS) is 11.9. The smallest absolute Gasteiger partial charge is 0.248 e. The Hall–Kier alpha value is -2.49. The largest absolute Gasteiger partial charge is 0.506 e. The average Bonchev–Trinajstić information content (AvgIpc) is 2.56. The first kappa shape index (κ1) is 21.6. The van der Waals surface area contributed by atoms with Gasteiger partial charge in [-0.25, -0.2) is 0 Å². The van der Waals surface area contributed by atoms with E-state index in [-0.39, 0.29) is 11.7 Å². The predicted octanol–water partition coefficient (Wildman–Crippen LogP) is 5.76. The van der Waals surface area contributed by atoms with Gasteiger partial charge in [-0.15, -0.1) is 0 Å². The van der Waals surface area contributed by atoms with Crippen LogP contribution in [0.3, 0.4) is 0 Å². The number of rotatable bonds is 9. The molecule has 2 N–H and O–H groups in total. The van der Waals surface area contributed by atoms with Crippen molar-refractivity contribution in [3.05, 3.63) is 53.1 Å². The molecule has 1 rings (SSSR count). The Morgan fingerprint density at radius 2 is 1.73 bits per heavy atom. The van der Waals surface area contributed by atoms with Crippen LogP contribution in [0, 0.1) is 0 Å². The van der Waals surface area contributed by atoms with Crippen LogP contribution < -0.4 is 10.1 Å². The monoisotopic (exact) mass is 357 g/mol. The lowest BCUT2D eigenvalue weighted by molar-refractivity contribution is -0.112. The molecule has 0 bridgehead atoms. The van der Waals surface area contributed by atoms with Gasteiger partial charge in [-0.1, -0.05) is 28.9 Å². The number of phenolic OH excluding ortho intramolecular Hbond substituents is 1. The molecule has 0 heterocycles. The van der Waals surface area contributed by atoms with E-state index in [2.05, 4.69) is 38.2 Å². The van der Waals surface area contributed by atoms with E-state index in [4.69, 9.17) is 4.74 Å². The molecule has 0 atom stereocenters. The first-order valence-electron chi connectivity index (χ1n) is 8.96. The summed E-state index contributed by atoms with van der Waals surface area (Å²) in [5.41, 5.74) is 4.07. The van der Waals surface area contributed by atoms with Gasteiger partial charge >= 0.3 is 0 Å². The van der Waals surface area contributed by atoms with E-state index in [9.17, 15) is 9.90 Å². The zero-order chi connectivity index (χ0) is 19.5. The number of benzene rings is 1. The lowest BCUT2D eigenvalue weighted by Crippen LogP contribution is -2.09. The number of anilines is 1. The van der Waals surface area contributed by atoms with Crippen LogP contribution in [0.25, 0.3) is 0 Å². The Labute approximate surface area is 157 Å². The highest BCUT2D eigenvalue weighted by atomic mass is 16.5. The molecule has 142 valence electrons. The molecular formula is C22H31NO3. The number of ether oxygens (including phenoxy) is 1. The topological polar surface area (TPSA) is 58.6 Å². The molecule has 1 amide bonds. The molecule has 0 radical (unpaired) electrons. The minimum atomic E-state index is -0.254. The molecule has 0 saturated carbocycles. The van der Waals surface area contributed by atoms with Crippen molar-refractivity contribution >= 4 is 11.6 Å². The molecule has 0 aliphatic heterocycles. The number of carbonyl (C=O) groups is 1. The summed E-state index contributed by atoms with van der Waals surface area (Å²) in [7, 11) is 1.54. The highest BCUT2D eigenvalue weighted by Gasteiger charge is 2.06. The molecule has 26 heavy (non-hydrogen) atoms. The van der Waals surface area contributed by atoms with E-state index in [1.165, 1.54) is 24.3 Å². The van der Waals surface area contributed by atoms with Crippen LogP contribution >= 0.6 is 0 Å². The van der Waals surface area contributed by atoms with Gasteiger partial charge in [-0.2, -0.15) is 0 Å². The molecule has 0 fully saturated rings. The lowest BCUT2D eigenvalue weighted by Gasteiger charge is -2.08. The van der Waals surface area contributed by atoms with Gasteiger partial charge in [0.15, 0.2) is 0 Å². The quantitative estimate of drug-likeness (QED) is 0.336. The van der Waals surface area contributed by atoms with Crippen molar-refractivity contribution in [2.75, 3.05) is 12.4 Å². The van der Waals surface area contributed by atoms with Gasteiger partial charge in [0.2, 0.25) is 5.91 Å². The second-order valence-electron chi connectivity index (χ2n) is 6.77. The molecule has 0 spiro atoms. The Kier molecular flexibility index (Phi) is 9.27. The summed E-state index contributed by atoms with van der Waals surface area (Å²) in [6.45, 7) is 8.32. The molecular weight excluding hydrogens is 326 g/mol. The van der Waals surface area contributed by atoms with Gasteiger partial charge in [-0.3, -0.25) is 4.79 Å². The van der Waals surface area contributed by atoms with E-state index in [0.29, 0.717) is 11.4 Å². The van der Waals surface area contributed by atoms with E-state index in [1.54, 1.807) is 18.2 Å². The summed E-state index contributed by atoms with van der Waals surface area (Å²) in [4.78, 5) is 12.1. The van der Waals surface area contributed by atoms with Crippen LogP contribution in [0.5, 0.6) is 11.5 Å². The van der Waals surface area contributed by atoms with Crippen LogP contribution in [0.1, 0.15) is 53.4 Å². The summed E-state index contributed by atoms with van der Waals surface area (Å²) < 4.78 is 5.10. The van der Waals surface area contributed by atoms with Gasteiger partial charge in [0, 0.05) is 12.1 Å². The van der Waals surface area contributed by atoms with Gasteiger partial charge in [0.25, 0.3) is 0 Å². The van der Waals surface area contributed by atoms with Crippen molar-refractivity contribution in [3.8, 4) is 11.5 Å². The Bertz CT molecular complexity index is 695. The van der Waals surface area contributed by atoms with Gasteiger partial charge in [-0.05, 0) is 65.5 Å². The summed E-state index contributed by atoms with van der Waals surface area (Å²) in [5, 5.41) is 12.5. The fourth-order valence-electron chi connectivity index (χ4n) is 2.44. The highest BCUT2D eigenvalue weighted by molar-refractivity contribution is 6.00. The first-order chi connectivity index (χ1) is 12.3. The fraction of sp³-hybridized carbons (Fsp3) is 0.409. The summed E-state index contributed by atoms with van der Waals surface area (Å²) >= 11 is 0. The zero-order valence-electron chi connectivity index (χ0n) is 16.6. The number of hydrogen-bond acceptors (Lipinski definition) is 3. The van der Waals surface area contributed by atoms with Crippen molar-refractivity contribution < 1.29 is 14.6 Å². The van der Waals surface area contributed by atoms with Crippen molar-refractivity contribution in [2.24, 2.45) is 0 Å². The molecule has 0 aliphatic carbocycles. The molecule has 0 aromatic heterocycles. The average molecular weight is 357 g/mol. The van der Waals surface area contributed by atoms with E-state index in [1.807, 2.05) is 6.92 Å². The third kappa shape index (κ3) is 8.56. The molecule has 4 nitrogen and oxygen atoms in total. The highest BCUT2D eigenvalue weighted by Crippen LogP contribution is 2.27. The Morgan fingerprint density at radius 3 is 2.38 bits per heavy atom. The number of hydrogen-bond donors (Lipinski definition) is 2. The zero-order valence-corrected chi connectivity index (χ0v) is 16.6. The van der Waals surface area contributed by atoms with E-state index in [0.717, 1.165) is 31.3 Å². The number of allylic oxidation sites excluding steroid dienone is 5. The van der Waals surface area contributed by atoms with E-state index < -0.39 is 0 Å². The second kappa shape index (κ2) is 11.2. The van der Waals surface area contributed by atoms with E-state index >= 15 is 0 Å². The Balaban J connectivity index is 2.51. The predicted molar refractivity (Wildman–Crippen MR) is 109 cm³/mol. The minimum Gasteiger partial charge on any atom is -0.506 e. The number of carbonyl (C=O) groups excluding carboxylic acids is 1. The number of aromatic hydroxyl groups is 1. The molecule has 1 aromatic rings. The SMILES string of the molecule is COc1ccc(O)c(NC(=O)C=C(C)CCC=C(C)CCC=C(C)C)c1. The number of amides is 1. The summed E-state index contributed by atoms with van der Waals surface area (Å²) in [6.07, 6.45) is 9.96. The second-order valence-corrected chi connectivity index (χ2v) is 6.77. The third-order valence-electron chi connectivity index (χ3n) is 3.96. The van der Waals surface area contributed by atoms with Crippen LogP contribution in [-0.2, 0) is 4.79 Å². The van der Waals surface area contributed by atoms with Gasteiger partial charge in [0.1, 0.15) is 11.5 Å². The number of methoxy groups -OCH3 is 1.